The van der Waals surface area contributed by atoms with Gasteiger partial charge in [0.15, 0.2) is 6.10 Å². The summed E-state index contributed by atoms with van der Waals surface area (Å²) in [7, 11) is 0. The molecule has 25 heavy (non-hydrogen) atoms. The summed E-state index contributed by atoms with van der Waals surface area (Å²) in [6, 6.07) is 2.22. The van der Waals surface area contributed by atoms with E-state index in [1.54, 1.807) is 16.7 Å². The molecule has 1 aromatic rings. The molecule has 1 aliphatic rings. The van der Waals surface area contributed by atoms with Crippen LogP contribution in [0.25, 0.3) is 0 Å². The highest BCUT2D eigenvalue weighted by Crippen LogP contribution is 2.27. The molecule has 1 saturated heterocycles. The molecule has 1 unspecified atom stereocenters. The molecule has 0 radical (unpaired) electrons. The molecule has 1 heterocycles. The molecule has 8 heteroatoms. The van der Waals surface area contributed by atoms with Gasteiger partial charge in [-0.2, -0.15) is 0 Å². The van der Waals surface area contributed by atoms with Gasteiger partial charge in [0.2, 0.25) is 5.91 Å². The summed E-state index contributed by atoms with van der Waals surface area (Å²) in [4.78, 5) is 27.2. The molecule has 0 aliphatic carbocycles. The topological polar surface area (TPSA) is 90.3 Å². The molecule has 7 nitrogen and oxygen atoms in total. The van der Waals surface area contributed by atoms with Crippen LogP contribution in [0.15, 0.2) is 12.1 Å². The number of rotatable bonds is 5. The fraction of sp³-hybridized carbons (Fsp3) is 0.529. The molecule has 1 fully saturated rings. The number of hydrogen-bond donors (Lipinski definition) is 2. The number of aliphatic hydroxyl groups is 2. The minimum Gasteiger partial charge on any atom is -0.480 e. The number of halogens is 1. The van der Waals surface area contributed by atoms with E-state index in [2.05, 4.69) is 0 Å². The van der Waals surface area contributed by atoms with Crippen LogP contribution < -0.4 is 4.74 Å². The van der Waals surface area contributed by atoms with Crippen LogP contribution in [0.1, 0.15) is 25.0 Å². The van der Waals surface area contributed by atoms with Crippen LogP contribution in [0.2, 0.25) is 0 Å². The van der Waals surface area contributed by atoms with E-state index in [0.717, 1.165) is 12.1 Å². The zero-order chi connectivity index (χ0) is 18.6. The van der Waals surface area contributed by atoms with Crippen LogP contribution in [0.3, 0.4) is 0 Å². The van der Waals surface area contributed by atoms with Gasteiger partial charge in [-0.15, -0.1) is 0 Å². The maximum Gasteiger partial charge on any atom is 0.263 e. The van der Waals surface area contributed by atoms with Gasteiger partial charge >= 0.3 is 0 Å². The first-order chi connectivity index (χ1) is 11.9. The quantitative estimate of drug-likeness (QED) is 0.792. The van der Waals surface area contributed by atoms with Crippen molar-refractivity contribution in [3.63, 3.8) is 0 Å². The average molecular weight is 354 g/mol. The van der Waals surface area contributed by atoms with E-state index in [0.29, 0.717) is 26.2 Å². The number of aliphatic hydroxyl groups excluding tert-OH is 2. The van der Waals surface area contributed by atoms with Gasteiger partial charge < -0.3 is 24.7 Å². The minimum atomic E-state index is -0.870. The van der Waals surface area contributed by atoms with Crippen molar-refractivity contribution < 1.29 is 28.9 Å². The van der Waals surface area contributed by atoms with E-state index in [-0.39, 0.29) is 28.7 Å². The molecule has 0 saturated carbocycles. The predicted molar refractivity (Wildman–Crippen MR) is 87.2 cm³/mol. The van der Waals surface area contributed by atoms with Crippen molar-refractivity contribution in [2.75, 3.05) is 26.2 Å². The number of nitrogens with zero attached hydrogens (tertiary/aromatic N) is 2. The Hall–Kier alpha value is -2.19. The van der Waals surface area contributed by atoms with Crippen molar-refractivity contribution in [3.8, 4) is 5.75 Å². The lowest BCUT2D eigenvalue weighted by Gasteiger charge is -2.35. The lowest BCUT2D eigenvalue weighted by molar-refractivity contribution is -0.143. The summed E-state index contributed by atoms with van der Waals surface area (Å²) in [5.74, 6) is -0.766. The molecule has 1 aliphatic heterocycles. The van der Waals surface area contributed by atoms with Crippen molar-refractivity contribution in [2.24, 2.45) is 0 Å². The second kappa shape index (κ2) is 8.26. The van der Waals surface area contributed by atoms with E-state index in [9.17, 15) is 24.2 Å². The normalized spacial score (nSPS) is 15.9. The van der Waals surface area contributed by atoms with Gasteiger partial charge in [0.05, 0.1) is 13.2 Å². The maximum absolute atomic E-state index is 13.5. The van der Waals surface area contributed by atoms with Crippen molar-refractivity contribution >= 4 is 11.8 Å². The second-order valence-electron chi connectivity index (χ2n) is 5.96. The van der Waals surface area contributed by atoms with Crippen molar-refractivity contribution in [3.05, 3.63) is 29.1 Å². The van der Waals surface area contributed by atoms with Crippen LogP contribution in [-0.2, 0) is 22.8 Å². The molecule has 0 bridgehead atoms. The summed E-state index contributed by atoms with van der Waals surface area (Å²) < 4.78 is 19.1. The van der Waals surface area contributed by atoms with Gasteiger partial charge in [0, 0.05) is 44.2 Å². The molecule has 1 atom stereocenters. The van der Waals surface area contributed by atoms with Crippen LogP contribution in [-0.4, -0.2) is 64.1 Å². The first-order valence-corrected chi connectivity index (χ1v) is 8.11. The molecule has 138 valence electrons. The zero-order valence-corrected chi connectivity index (χ0v) is 14.4. The number of benzene rings is 1. The van der Waals surface area contributed by atoms with Gasteiger partial charge in [-0.3, -0.25) is 9.59 Å². The third-order valence-electron chi connectivity index (χ3n) is 4.23. The summed E-state index contributed by atoms with van der Waals surface area (Å²) in [6.07, 6.45) is -0.870. The van der Waals surface area contributed by atoms with Gasteiger partial charge in [0.1, 0.15) is 11.6 Å². The van der Waals surface area contributed by atoms with Crippen LogP contribution >= 0.6 is 0 Å². The van der Waals surface area contributed by atoms with Gasteiger partial charge in [-0.1, -0.05) is 0 Å². The van der Waals surface area contributed by atoms with E-state index in [4.69, 9.17) is 4.74 Å². The molecule has 2 rings (SSSR count). The van der Waals surface area contributed by atoms with Crippen LogP contribution in [0, 0.1) is 5.82 Å². The Morgan fingerprint density at radius 2 is 1.60 bits per heavy atom. The zero-order valence-electron chi connectivity index (χ0n) is 14.4. The molecule has 0 spiro atoms. The Labute approximate surface area is 145 Å². The van der Waals surface area contributed by atoms with Crippen molar-refractivity contribution in [1.82, 2.24) is 9.80 Å². The fourth-order valence-corrected chi connectivity index (χ4v) is 2.82. The first-order valence-electron chi connectivity index (χ1n) is 8.11. The van der Waals surface area contributed by atoms with E-state index in [1.165, 1.54) is 6.92 Å². The maximum atomic E-state index is 13.5. The summed E-state index contributed by atoms with van der Waals surface area (Å²) in [6.45, 7) is 3.86. The van der Waals surface area contributed by atoms with Crippen molar-refractivity contribution in [2.45, 2.75) is 33.2 Å². The highest BCUT2D eigenvalue weighted by atomic mass is 19.1. The first kappa shape index (κ1) is 19.1. The number of hydrogen-bond acceptors (Lipinski definition) is 5. The summed E-state index contributed by atoms with van der Waals surface area (Å²) >= 11 is 0. The summed E-state index contributed by atoms with van der Waals surface area (Å²) in [5, 5.41) is 18.8. The number of amides is 2. The smallest absolute Gasteiger partial charge is 0.263 e. The Balaban J connectivity index is 2.08. The van der Waals surface area contributed by atoms with E-state index >= 15 is 0 Å². The monoisotopic (exact) mass is 354 g/mol. The number of piperazine rings is 1. The standard InChI is InChI=1S/C17H23FN2O5/c1-11(17(24)20-5-3-19(4-6-20)12(2)23)25-16-13(9-21)7-15(18)8-14(16)10-22/h7-8,11,21-22H,3-6,9-10H2,1-2H3. The number of ether oxygens (including phenoxy) is 1. The molecule has 2 amide bonds. The highest BCUT2D eigenvalue weighted by Gasteiger charge is 2.28. The van der Waals surface area contributed by atoms with Gasteiger partial charge in [-0.05, 0) is 19.1 Å². The van der Waals surface area contributed by atoms with E-state index < -0.39 is 25.1 Å². The highest BCUT2D eigenvalue weighted by molar-refractivity contribution is 5.81. The summed E-state index contributed by atoms with van der Waals surface area (Å²) in [5.41, 5.74) is 0.343. The lowest BCUT2D eigenvalue weighted by atomic mass is 10.1. The minimum absolute atomic E-state index is 0.0251. The number of carbonyl (C=O) groups excluding carboxylic acids is 2. The van der Waals surface area contributed by atoms with E-state index in [1.807, 2.05) is 0 Å². The molecule has 0 aromatic heterocycles. The van der Waals surface area contributed by atoms with Gasteiger partial charge in [-0.25, -0.2) is 4.39 Å². The van der Waals surface area contributed by atoms with Gasteiger partial charge in [0.25, 0.3) is 5.91 Å². The fourth-order valence-electron chi connectivity index (χ4n) is 2.82. The van der Waals surface area contributed by atoms with Crippen LogP contribution in [0.4, 0.5) is 4.39 Å². The SMILES string of the molecule is CC(=O)N1CCN(C(=O)C(C)Oc2c(CO)cc(F)cc2CO)CC1. The second-order valence-corrected chi connectivity index (χ2v) is 5.96. The molecular formula is C17H23FN2O5. The molecule has 1 aromatic carbocycles. The lowest BCUT2D eigenvalue weighted by Crippen LogP contribution is -2.52. The Bertz CT molecular complexity index is 619. The third-order valence-corrected chi connectivity index (χ3v) is 4.23. The number of carbonyl (C=O) groups is 2. The predicted octanol–water partition coefficient (Wildman–Crippen LogP) is 0.268. The third kappa shape index (κ3) is 4.46. The Kier molecular flexibility index (Phi) is 6.33. The molecular weight excluding hydrogens is 331 g/mol. The van der Waals surface area contributed by atoms with Crippen molar-refractivity contribution in [1.29, 1.82) is 0 Å². The largest absolute Gasteiger partial charge is 0.480 e. The molecule has 2 N–H and O–H groups in total. The average Bonchev–Trinajstić information content (AvgIpc) is 2.61. The Morgan fingerprint density at radius 1 is 1.12 bits per heavy atom. The van der Waals surface area contributed by atoms with Crippen LogP contribution in [0.5, 0.6) is 5.75 Å². The Morgan fingerprint density at radius 3 is 2.04 bits per heavy atom.